The number of amides is 2. The van der Waals surface area contributed by atoms with E-state index in [1.165, 1.54) is 0 Å². The van der Waals surface area contributed by atoms with E-state index in [1.54, 1.807) is 4.90 Å². The van der Waals surface area contributed by atoms with Crippen molar-refractivity contribution in [1.82, 2.24) is 9.80 Å². The molecule has 2 N–H and O–H groups in total. The van der Waals surface area contributed by atoms with E-state index in [0.29, 0.717) is 13.1 Å². The first-order chi connectivity index (χ1) is 11.4. The average Bonchev–Trinajstić information content (AvgIpc) is 2.49. The van der Waals surface area contributed by atoms with Crippen LogP contribution in [0.5, 0.6) is 0 Å². The van der Waals surface area contributed by atoms with E-state index in [0.717, 1.165) is 19.3 Å². The first-order valence-corrected chi connectivity index (χ1v) is 9.49. The van der Waals surface area contributed by atoms with Gasteiger partial charge >= 0.3 is 6.09 Å². The fraction of sp³-hybridized carbons (Fsp3) is 0.895. The number of rotatable bonds is 5. The van der Waals surface area contributed by atoms with Crippen LogP contribution in [0.25, 0.3) is 0 Å². The van der Waals surface area contributed by atoms with Crippen LogP contribution in [-0.4, -0.2) is 58.6 Å². The van der Waals surface area contributed by atoms with E-state index >= 15 is 0 Å². The van der Waals surface area contributed by atoms with E-state index in [9.17, 15) is 9.59 Å². The van der Waals surface area contributed by atoms with Crippen molar-refractivity contribution in [3.63, 3.8) is 0 Å². The van der Waals surface area contributed by atoms with Gasteiger partial charge < -0.3 is 20.3 Å². The predicted molar refractivity (Wildman–Crippen MR) is 100 cm³/mol. The molecule has 0 spiro atoms. The molecule has 0 bridgehead atoms. The maximum absolute atomic E-state index is 12.8. The quantitative estimate of drug-likeness (QED) is 0.822. The third-order valence-electron chi connectivity index (χ3n) is 4.57. The normalized spacial score (nSPS) is 19.9. The summed E-state index contributed by atoms with van der Waals surface area (Å²) in [6.45, 7) is 14.7. The van der Waals surface area contributed by atoms with Crippen molar-refractivity contribution in [1.29, 1.82) is 0 Å². The minimum Gasteiger partial charge on any atom is -0.444 e. The lowest BCUT2D eigenvalue weighted by Crippen LogP contribution is -2.57. The van der Waals surface area contributed by atoms with Gasteiger partial charge in [0.1, 0.15) is 5.60 Å². The molecule has 6 nitrogen and oxygen atoms in total. The molecule has 0 aromatic heterocycles. The molecule has 1 rings (SSSR count). The van der Waals surface area contributed by atoms with E-state index in [4.69, 9.17) is 10.5 Å². The van der Waals surface area contributed by atoms with Crippen LogP contribution in [-0.2, 0) is 9.53 Å². The molecule has 2 atom stereocenters. The summed E-state index contributed by atoms with van der Waals surface area (Å²) >= 11 is 0. The van der Waals surface area contributed by atoms with Crippen molar-refractivity contribution in [3.8, 4) is 0 Å². The van der Waals surface area contributed by atoms with Crippen LogP contribution in [0.4, 0.5) is 4.79 Å². The van der Waals surface area contributed by atoms with Gasteiger partial charge in [-0.3, -0.25) is 4.79 Å². The van der Waals surface area contributed by atoms with Crippen molar-refractivity contribution < 1.29 is 14.3 Å². The Labute approximate surface area is 153 Å². The molecule has 1 heterocycles. The molecule has 2 amide bonds. The molecule has 1 aliphatic heterocycles. The monoisotopic (exact) mass is 355 g/mol. The molecule has 146 valence electrons. The van der Waals surface area contributed by atoms with Gasteiger partial charge in [0.15, 0.2) is 0 Å². The van der Waals surface area contributed by atoms with E-state index in [-0.39, 0.29) is 30.0 Å². The first kappa shape index (κ1) is 21.7. The second kappa shape index (κ2) is 8.88. The molecular weight excluding hydrogens is 318 g/mol. The van der Waals surface area contributed by atoms with Crippen molar-refractivity contribution in [2.24, 2.45) is 11.7 Å². The van der Waals surface area contributed by atoms with Gasteiger partial charge in [0.2, 0.25) is 5.91 Å². The number of piperidine rings is 1. The number of nitrogens with zero attached hydrogens (tertiary/aromatic N) is 2. The number of carbonyl (C=O) groups is 2. The zero-order valence-electron chi connectivity index (χ0n) is 17.0. The Bertz CT molecular complexity index is 457. The summed E-state index contributed by atoms with van der Waals surface area (Å²) in [5.41, 5.74) is 5.55. The molecule has 25 heavy (non-hydrogen) atoms. The Kier molecular flexibility index (Phi) is 7.72. The Hall–Kier alpha value is -1.30. The highest BCUT2D eigenvalue weighted by molar-refractivity contribution is 5.82. The van der Waals surface area contributed by atoms with E-state index in [1.807, 2.05) is 53.4 Å². The summed E-state index contributed by atoms with van der Waals surface area (Å²) in [7, 11) is 0. The number of hydrogen-bond acceptors (Lipinski definition) is 4. The molecule has 6 heteroatoms. The Morgan fingerprint density at radius 1 is 1.20 bits per heavy atom. The van der Waals surface area contributed by atoms with Crippen LogP contribution in [0.1, 0.15) is 67.7 Å². The largest absolute Gasteiger partial charge is 0.444 e. The van der Waals surface area contributed by atoms with Crippen molar-refractivity contribution in [2.75, 3.05) is 13.1 Å². The molecule has 0 saturated carbocycles. The topological polar surface area (TPSA) is 75.9 Å². The third kappa shape index (κ3) is 6.49. The Morgan fingerprint density at radius 3 is 2.28 bits per heavy atom. The molecule has 1 aliphatic rings. The highest BCUT2D eigenvalue weighted by atomic mass is 16.6. The molecule has 0 aromatic rings. The fourth-order valence-corrected chi connectivity index (χ4v) is 3.00. The van der Waals surface area contributed by atoms with Gasteiger partial charge in [-0.1, -0.05) is 13.8 Å². The number of nitrogens with two attached hydrogens (primary N) is 1. The van der Waals surface area contributed by atoms with Gasteiger partial charge in [0.25, 0.3) is 0 Å². The van der Waals surface area contributed by atoms with Gasteiger partial charge in [0, 0.05) is 25.2 Å². The zero-order chi connectivity index (χ0) is 19.4. The lowest BCUT2D eigenvalue weighted by atomic mass is 9.97. The molecule has 0 radical (unpaired) electrons. The van der Waals surface area contributed by atoms with Crippen LogP contribution in [0.2, 0.25) is 0 Å². The molecule has 0 aliphatic carbocycles. The number of ether oxygens (including phenoxy) is 1. The average molecular weight is 356 g/mol. The SMILES string of the molecule is CC(C)[C@H](N)C(=O)N1CCCC[C@H]1CN(C(=O)OC(C)(C)C)C(C)C. The molecule has 0 unspecified atom stereocenters. The predicted octanol–water partition coefficient (Wildman–Crippen LogP) is 3.00. The minimum absolute atomic E-state index is 0.000897. The van der Waals surface area contributed by atoms with Crippen LogP contribution in [0.15, 0.2) is 0 Å². The van der Waals surface area contributed by atoms with Gasteiger partial charge in [-0.25, -0.2) is 4.79 Å². The molecule has 1 saturated heterocycles. The lowest BCUT2D eigenvalue weighted by Gasteiger charge is -2.41. The third-order valence-corrected chi connectivity index (χ3v) is 4.57. The fourth-order valence-electron chi connectivity index (χ4n) is 3.00. The van der Waals surface area contributed by atoms with Crippen LogP contribution < -0.4 is 5.73 Å². The number of likely N-dealkylation sites (tertiary alicyclic amines) is 1. The molecule has 1 fully saturated rings. The van der Waals surface area contributed by atoms with Gasteiger partial charge in [0.05, 0.1) is 6.04 Å². The van der Waals surface area contributed by atoms with E-state index < -0.39 is 11.6 Å². The Morgan fingerprint density at radius 2 is 1.80 bits per heavy atom. The summed E-state index contributed by atoms with van der Waals surface area (Å²) in [5.74, 6) is 0.0923. The highest BCUT2D eigenvalue weighted by Gasteiger charge is 2.34. The van der Waals surface area contributed by atoms with Crippen LogP contribution in [0.3, 0.4) is 0 Å². The maximum Gasteiger partial charge on any atom is 0.410 e. The number of carbonyl (C=O) groups excluding carboxylic acids is 2. The number of hydrogen-bond donors (Lipinski definition) is 1. The lowest BCUT2D eigenvalue weighted by molar-refractivity contribution is -0.138. The van der Waals surface area contributed by atoms with Crippen molar-refractivity contribution >= 4 is 12.0 Å². The Balaban J connectivity index is 2.89. The second-order valence-corrected chi connectivity index (χ2v) is 8.68. The van der Waals surface area contributed by atoms with Gasteiger partial charge in [-0.05, 0) is 59.8 Å². The van der Waals surface area contributed by atoms with Gasteiger partial charge in [-0.15, -0.1) is 0 Å². The van der Waals surface area contributed by atoms with Crippen molar-refractivity contribution in [2.45, 2.75) is 91.5 Å². The summed E-state index contributed by atoms with van der Waals surface area (Å²) < 4.78 is 5.54. The highest BCUT2D eigenvalue weighted by Crippen LogP contribution is 2.22. The molecule has 0 aromatic carbocycles. The summed E-state index contributed by atoms with van der Waals surface area (Å²) in [5, 5.41) is 0. The minimum atomic E-state index is -0.535. The zero-order valence-corrected chi connectivity index (χ0v) is 17.0. The maximum atomic E-state index is 12.8. The summed E-state index contributed by atoms with van der Waals surface area (Å²) in [6.07, 6.45) is 2.61. The summed E-state index contributed by atoms with van der Waals surface area (Å²) in [6, 6.07) is -0.483. The van der Waals surface area contributed by atoms with Crippen LogP contribution >= 0.6 is 0 Å². The summed E-state index contributed by atoms with van der Waals surface area (Å²) in [4.78, 5) is 28.9. The standard InChI is InChI=1S/C19H37N3O3/c1-13(2)16(20)17(23)21-11-9-8-10-15(21)12-22(14(3)4)18(24)25-19(5,6)7/h13-16H,8-12,20H2,1-7H3/t15-,16-/m0/s1. The van der Waals surface area contributed by atoms with Crippen molar-refractivity contribution in [3.05, 3.63) is 0 Å². The van der Waals surface area contributed by atoms with Gasteiger partial charge in [-0.2, -0.15) is 0 Å². The first-order valence-electron chi connectivity index (χ1n) is 9.49. The molecular formula is C19H37N3O3. The van der Waals surface area contributed by atoms with E-state index in [2.05, 4.69) is 0 Å². The van der Waals surface area contributed by atoms with Crippen LogP contribution in [0, 0.1) is 5.92 Å². The second-order valence-electron chi connectivity index (χ2n) is 8.68. The smallest absolute Gasteiger partial charge is 0.410 e.